The number of Topliss-reactive ketones (excluding diaryl/α,β-unsaturated/α-hetero) is 1. The van der Waals surface area contributed by atoms with E-state index in [0.29, 0.717) is 17.7 Å². The standard InChI is InChI=1S/C12H14O4/c1-3-7-8(13)5-10(15)11-9(14)4-6(2)16-12(7)11/h5-6,13,15H,3-4H2,1-2H3/t6-/m0/s1. The van der Waals surface area contributed by atoms with E-state index in [1.165, 1.54) is 6.07 Å². The second-order valence-corrected chi connectivity index (χ2v) is 4.01. The third kappa shape index (κ3) is 1.50. The number of hydrogen-bond acceptors (Lipinski definition) is 4. The van der Waals surface area contributed by atoms with Gasteiger partial charge in [0.25, 0.3) is 0 Å². The minimum Gasteiger partial charge on any atom is -0.507 e. The molecular weight excluding hydrogens is 208 g/mol. The van der Waals surface area contributed by atoms with Gasteiger partial charge in [-0.2, -0.15) is 0 Å². The molecule has 0 radical (unpaired) electrons. The summed E-state index contributed by atoms with van der Waals surface area (Å²) in [4.78, 5) is 11.8. The van der Waals surface area contributed by atoms with Gasteiger partial charge in [-0.3, -0.25) is 4.79 Å². The first-order valence-electron chi connectivity index (χ1n) is 5.32. The molecule has 0 aromatic heterocycles. The van der Waals surface area contributed by atoms with Gasteiger partial charge in [0.1, 0.15) is 28.9 Å². The Hall–Kier alpha value is -1.71. The van der Waals surface area contributed by atoms with Gasteiger partial charge >= 0.3 is 0 Å². The van der Waals surface area contributed by atoms with Crippen LogP contribution in [0.2, 0.25) is 0 Å². The molecule has 0 aliphatic carbocycles. The highest BCUT2D eigenvalue weighted by atomic mass is 16.5. The van der Waals surface area contributed by atoms with E-state index in [0.717, 1.165) is 0 Å². The molecule has 0 unspecified atom stereocenters. The van der Waals surface area contributed by atoms with Crippen molar-refractivity contribution in [2.24, 2.45) is 0 Å². The molecule has 1 aromatic rings. The lowest BCUT2D eigenvalue weighted by Crippen LogP contribution is -2.25. The summed E-state index contributed by atoms with van der Waals surface area (Å²) < 4.78 is 5.55. The lowest BCUT2D eigenvalue weighted by atomic mass is 9.96. The molecule has 0 spiro atoms. The summed E-state index contributed by atoms with van der Waals surface area (Å²) in [7, 11) is 0. The van der Waals surface area contributed by atoms with Crippen LogP contribution in [-0.4, -0.2) is 22.1 Å². The van der Waals surface area contributed by atoms with Crippen LogP contribution in [0, 0.1) is 0 Å². The molecular formula is C12H14O4. The molecule has 16 heavy (non-hydrogen) atoms. The zero-order chi connectivity index (χ0) is 11.9. The summed E-state index contributed by atoms with van der Waals surface area (Å²) in [6.45, 7) is 3.65. The predicted octanol–water partition coefficient (Wildman–Crippen LogP) is 2.01. The first-order chi connectivity index (χ1) is 7.54. The third-order valence-electron chi connectivity index (χ3n) is 2.76. The third-order valence-corrected chi connectivity index (χ3v) is 2.76. The van der Waals surface area contributed by atoms with Crippen molar-refractivity contribution < 1.29 is 19.7 Å². The Morgan fingerprint density at radius 3 is 2.75 bits per heavy atom. The van der Waals surface area contributed by atoms with Crippen LogP contribution in [0.15, 0.2) is 6.07 Å². The fourth-order valence-corrected chi connectivity index (χ4v) is 2.02. The van der Waals surface area contributed by atoms with Gasteiger partial charge in [0.15, 0.2) is 5.78 Å². The van der Waals surface area contributed by atoms with Crippen molar-refractivity contribution in [2.45, 2.75) is 32.8 Å². The first-order valence-corrected chi connectivity index (χ1v) is 5.32. The minimum atomic E-state index is -0.216. The zero-order valence-electron chi connectivity index (χ0n) is 9.28. The molecule has 2 rings (SSSR count). The summed E-state index contributed by atoms with van der Waals surface area (Å²) in [5, 5.41) is 19.3. The number of carbonyl (C=O) groups excluding carboxylic acids is 1. The zero-order valence-corrected chi connectivity index (χ0v) is 9.28. The van der Waals surface area contributed by atoms with Gasteiger partial charge in [-0.25, -0.2) is 0 Å². The van der Waals surface area contributed by atoms with Crippen LogP contribution < -0.4 is 4.74 Å². The van der Waals surface area contributed by atoms with Gasteiger partial charge in [0.05, 0.1) is 0 Å². The van der Waals surface area contributed by atoms with Crippen molar-refractivity contribution in [3.05, 3.63) is 17.2 Å². The number of rotatable bonds is 1. The van der Waals surface area contributed by atoms with Crippen molar-refractivity contribution in [2.75, 3.05) is 0 Å². The maximum Gasteiger partial charge on any atom is 0.174 e. The summed E-state index contributed by atoms with van der Waals surface area (Å²) in [5.74, 6) is -0.0352. The maximum atomic E-state index is 11.8. The van der Waals surface area contributed by atoms with Gasteiger partial charge < -0.3 is 14.9 Å². The molecule has 4 heteroatoms. The number of fused-ring (bicyclic) bond motifs is 1. The number of hydrogen-bond donors (Lipinski definition) is 2. The van der Waals surface area contributed by atoms with E-state index in [9.17, 15) is 15.0 Å². The summed E-state index contributed by atoms with van der Waals surface area (Å²) in [5.41, 5.74) is 0.778. The number of ether oxygens (including phenoxy) is 1. The predicted molar refractivity (Wildman–Crippen MR) is 58.2 cm³/mol. The normalized spacial score (nSPS) is 19.1. The Labute approximate surface area is 93.5 Å². The molecule has 2 N–H and O–H groups in total. The Bertz CT molecular complexity index is 451. The number of ketones is 1. The number of phenols is 2. The average Bonchev–Trinajstić information content (AvgIpc) is 2.15. The van der Waals surface area contributed by atoms with Gasteiger partial charge in [-0.15, -0.1) is 0 Å². The average molecular weight is 222 g/mol. The number of phenolic OH excluding ortho intramolecular Hbond substituents is 2. The van der Waals surface area contributed by atoms with Crippen LogP contribution in [0.3, 0.4) is 0 Å². The molecule has 1 aliphatic heterocycles. The molecule has 86 valence electrons. The molecule has 1 heterocycles. The van der Waals surface area contributed by atoms with Crippen LogP contribution in [0.25, 0.3) is 0 Å². The van der Waals surface area contributed by atoms with Crippen molar-refractivity contribution in [3.8, 4) is 17.2 Å². The molecule has 0 amide bonds. The lowest BCUT2D eigenvalue weighted by Gasteiger charge is -2.25. The van der Waals surface area contributed by atoms with Gasteiger partial charge in [-0.05, 0) is 13.3 Å². The molecule has 1 atom stereocenters. The van der Waals surface area contributed by atoms with E-state index in [4.69, 9.17) is 4.74 Å². The van der Waals surface area contributed by atoms with Crippen molar-refractivity contribution >= 4 is 5.78 Å². The fraction of sp³-hybridized carbons (Fsp3) is 0.417. The second-order valence-electron chi connectivity index (χ2n) is 4.01. The summed E-state index contributed by atoms with van der Waals surface area (Å²) in [6.07, 6.45) is 0.592. The summed E-state index contributed by atoms with van der Waals surface area (Å²) in [6, 6.07) is 1.20. The van der Waals surface area contributed by atoms with Gasteiger partial charge in [-0.1, -0.05) is 6.92 Å². The number of aromatic hydroxyl groups is 2. The lowest BCUT2D eigenvalue weighted by molar-refractivity contribution is 0.0864. The van der Waals surface area contributed by atoms with E-state index >= 15 is 0 Å². The monoisotopic (exact) mass is 222 g/mol. The van der Waals surface area contributed by atoms with E-state index in [1.807, 2.05) is 6.92 Å². The van der Waals surface area contributed by atoms with Crippen LogP contribution in [-0.2, 0) is 6.42 Å². The number of carbonyl (C=O) groups is 1. The van der Waals surface area contributed by atoms with E-state index in [1.54, 1.807) is 6.92 Å². The largest absolute Gasteiger partial charge is 0.507 e. The SMILES string of the molecule is CCc1c(O)cc(O)c2c1O[C@@H](C)CC2=O. The van der Waals surface area contributed by atoms with Gasteiger partial charge in [0.2, 0.25) is 0 Å². The first kappa shape index (κ1) is 10.8. The van der Waals surface area contributed by atoms with Crippen molar-refractivity contribution in [3.63, 3.8) is 0 Å². The molecule has 0 bridgehead atoms. The van der Waals surface area contributed by atoms with Crippen molar-refractivity contribution in [1.29, 1.82) is 0 Å². The number of benzene rings is 1. The highest BCUT2D eigenvalue weighted by molar-refractivity contribution is 6.03. The Morgan fingerprint density at radius 2 is 2.12 bits per heavy atom. The summed E-state index contributed by atoms with van der Waals surface area (Å²) >= 11 is 0. The molecule has 4 nitrogen and oxygen atoms in total. The fourth-order valence-electron chi connectivity index (χ4n) is 2.02. The van der Waals surface area contributed by atoms with Crippen LogP contribution in [0.4, 0.5) is 0 Å². The Kier molecular flexibility index (Phi) is 2.50. The molecule has 1 aromatic carbocycles. The van der Waals surface area contributed by atoms with Crippen LogP contribution in [0.1, 0.15) is 36.2 Å². The molecule has 0 fully saturated rings. The highest BCUT2D eigenvalue weighted by Crippen LogP contribution is 2.42. The van der Waals surface area contributed by atoms with E-state index < -0.39 is 0 Å². The molecule has 1 aliphatic rings. The minimum absolute atomic E-state index is 0.0272. The smallest absolute Gasteiger partial charge is 0.174 e. The Balaban J connectivity index is 2.69. The van der Waals surface area contributed by atoms with E-state index in [-0.39, 0.29) is 35.4 Å². The maximum absolute atomic E-state index is 11.8. The topological polar surface area (TPSA) is 66.8 Å². The molecule has 0 saturated carbocycles. The van der Waals surface area contributed by atoms with Crippen LogP contribution >= 0.6 is 0 Å². The second kappa shape index (κ2) is 3.70. The van der Waals surface area contributed by atoms with Crippen molar-refractivity contribution in [1.82, 2.24) is 0 Å². The quantitative estimate of drug-likeness (QED) is 0.762. The molecule has 0 saturated heterocycles. The van der Waals surface area contributed by atoms with Gasteiger partial charge in [0, 0.05) is 18.1 Å². The Morgan fingerprint density at radius 1 is 1.44 bits per heavy atom. The van der Waals surface area contributed by atoms with E-state index in [2.05, 4.69) is 0 Å². The van der Waals surface area contributed by atoms with Crippen LogP contribution in [0.5, 0.6) is 17.2 Å². The highest BCUT2D eigenvalue weighted by Gasteiger charge is 2.30.